The zero-order valence-corrected chi connectivity index (χ0v) is 10.4. The molecule has 2 aromatic rings. The van der Waals surface area contributed by atoms with E-state index in [1.807, 2.05) is 0 Å². The van der Waals surface area contributed by atoms with Gasteiger partial charge in [-0.15, -0.1) is 0 Å². The van der Waals surface area contributed by atoms with Gasteiger partial charge in [-0.2, -0.15) is 0 Å². The number of aromatic nitrogens is 1. The van der Waals surface area contributed by atoms with E-state index >= 15 is 0 Å². The second kappa shape index (κ2) is 4.28. The molecule has 1 heterocycles. The molecule has 0 bridgehead atoms. The number of carboxylic acid groups (broad SMARTS) is 1. The van der Waals surface area contributed by atoms with Crippen LogP contribution in [0.4, 0.5) is 0 Å². The summed E-state index contributed by atoms with van der Waals surface area (Å²) in [6.07, 6.45) is 2.41. The largest absolute Gasteiger partial charge is 0.481 e. The highest BCUT2D eigenvalue weighted by Gasteiger charge is 2.37. The van der Waals surface area contributed by atoms with E-state index in [0.717, 1.165) is 12.8 Å². The highest BCUT2D eigenvalue weighted by molar-refractivity contribution is 6.31. The zero-order valence-electron chi connectivity index (χ0n) is 9.60. The first-order valence-electron chi connectivity index (χ1n) is 5.94. The molecule has 94 valence electrons. The Bertz CT molecular complexity index is 607. The highest BCUT2D eigenvalue weighted by atomic mass is 35.5. The van der Waals surface area contributed by atoms with E-state index in [4.69, 9.17) is 16.0 Å². The summed E-state index contributed by atoms with van der Waals surface area (Å²) in [5.74, 6) is -0.739. The van der Waals surface area contributed by atoms with Gasteiger partial charge in [0.25, 0.3) is 0 Å². The van der Waals surface area contributed by atoms with Crippen molar-refractivity contribution in [1.82, 2.24) is 4.98 Å². The van der Waals surface area contributed by atoms with E-state index < -0.39 is 5.97 Å². The summed E-state index contributed by atoms with van der Waals surface area (Å²) in [7, 11) is 0. The van der Waals surface area contributed by atoms with Crippen LogP contribution < -0.4 is 0 Å². The van der Waals surface area contributed by atoms with Crippen molar-refractivity contribution >= 4 is 28.7 Å². The number of oxazole rings is 1. The Hall–Kier alpha value is -1.55. The maximum absolute atomic E-state index is 11.2. The minimum Gasteiger partial charge on any atom is -0.481 e. The van der Waals surface area contributed by atoms with Gasteiger partial charge in [-0.05, 0) is 31.0 Å². The van der Waals surface area contributed by atoms with Crippen LogP contribution in [0.2, 0.25) is 5.02 Å². The smallest absolute Gasteiger partial charge is 0.307 e. The summed E-state index contributed by atoms with van der Waals surface area (Å²) in [5.41, 5.74) is 1.35. The third-order valence-electron chi connectivity index (χ3n) is 3.52. The molecule has 0 aliphatic heterocycles. The molecule has 5 heteroatoms. The van der Waals surface area contributed by atoms with Gasteiger partial charge in [0.2, 0.25) is 0 Å². The third kappa shape index (κ3) is 1.86. The number of halogens is 1. The average molecular weight is 266 g/mol. The van der Waals surface area contributed by atoms with Crippen molar-refractivity contribution in [2.75, 3.05) is 0 Å². The molecular formula is C13H12ClNO3. The van der Waals surface area contributed by atoms with E-state index in [0.29, 0.717) is 28.4 Å². The van der Waals surface area contributed by atoms with Crippen LogP contribution in [-0.4, -0.2) is 16.1 Å². The van der Waals surface area contributed by atoms with Crippen LogP contribution in [0.25, 0.3) is 11.1 Å². The predicted molar refractivity (Wildman–Crippen MR) is 66.7 cm³/mol. The maximum Gasteiger partial charge on any atom is 0.307 e. The molecule has 4 nitrogen and oxygen atoms in total. The van der Waals surface area contributed by atoms with Crippen molar-refractivity contribution in [3.63, 3.8) is 0 Å². The normalized spacial score (nSPS) is 23.6. The van der Waals surface area contributed by atoms with E-state index in [2.05, 4.69) is 4.98 Å². The lowest BCUT2D eigenvalue weighted by Gasteiger charge is -2.10. The Morgan fingerprint density at radius 1 is 1.44 bits per heavy atom. The summed E-state index contributed by atoms with van der Waals surface area (Å²) in [4.78, 5) is 15.5. The van der Waals surface area contributed by atoms with Crippen LogP contribution in [-0.2, 0) is 4.79 Å². The first kappa shape index (κ1) is 11.5. The van der Waals surface area contributed by atoms with Crippen LogP contribution in [0, 0.1) is 5.92 Å². The lowest BCUT2D eigenvalue weighted by molar-refractivity contribution is -0.142. The van der Waals surface area contributed by atoms with Gasteiger partial charge in [-0.3, -0.25) is 4.79 Å². The van der Waals surface area contributed by atoms with E-state index in [1.54, 1.807) is 18.2 Å². The molecule has 1 fully saturated rings. The monoisotopic (exact) mass is 265 g/mol. The van der Waals surface area contributed by atoms with E-state index in [1.165, 1.54) is 0 Å². The van der Waals surface area contributed by atoms with Gasteiger partial charge in [0, 0.05) is 10.9 Å². The average Bonchev–Trinajstić information content (AvgIpc) is 2.93. The molecule has 0 spiro atoms. The van der Waals surface area contributed by atoms with Gasteiger partial charge >= 0.3 is 5.97 Å². The molecule has 1 aromatic carbocycles. The minimum atomic E-state index is -0.766. The topological polar surface area (TPSA) is 63.3 Å². The molecule has 1 aliphatic rings. The van der Waals surface area contributed by atoms with Crippen LogP contribution in [0.3, 0.4) is 0 Å². The van der Waals surface area contributed by atoms with Crippen molar-refractivity contribution in [2.45, 2.75) is 25.2 Å². The summed E-state index contributed by atoms with van der Waals surface area (Å²) in [6.45, 7) is 0. The van der Waals surface area contributed by atoms with E-state index in [-0.39, 0.29) is 11.8 Å². The van der Waals surface area contributed by atoms with Crippen molar-refractivity contribution in [3.05, 3.63) is 29.1 Å². The number of carboxylic acids is 1. The van der Waals surface area contributed by atoms with Crippen molar-refractivity contribution in [2.24, 2.45) is 5.92 Å². The third-order valence-corrected chi connectivity index (χ3v) is 3.75. The molecule has 2 atom stereocenters. The highest BCUT2D eigenvalue weighted by Crippen LogP contribution is 2.40. The number of hydrogen-bond acceptors (Lipinski definition) is 3. The van der Waals surface area contributed by atoms with Crippen LogP contribution in [0.1, 0.15) is 31.1 Å². The van der Waals surface area contributed by atoms with Gasteiger partial charge in [0.1, 0.15) is 5.52 Å². The zero-order chi connectivity index (χ0) is 12.7. The Balaban J connectivity index is 2.01. The second-order valence-corrected chi connectivity index (χ2v) is 5.08. The van der Waals surface area contributed by atoms with Crippen LogP contribution in [0.15, 0.2) is 22.6 Å². The molecule has 0 amide bonds. The first-order chi connectivity index (χ1) is 8.65. The molecule has 0 radical (unpaired) electrons. The Morgan fingerprint density at radius 3 is 3.06 bits per heavy atom. The number of hydrogen-bond donors (Lipinski definition) is 1. The predicted octanol–water partition coefficient (Wildman–Crippen LogP) is 3.45. The molecule has 1 aliphatic carbocycles. The van der Waals surface area contributed by atoms with Gasteiger partial charge in [0.15, 0.2) is 11.5 Å². The lowest BCUT2D eigenvalue weighted by Crippen LogP contribution is -2.16. The SMILES string of the molecule is O=C(O)C1CCCC1c1nc2cc(Cl)ccc2o1. The number of nitrogens with zero attached hydrogens (tertiary/aromatic N) is 1. The van der Waals surface area contributed by atoms with Gasteiger partial charge in [-0.1, -0.05) is 18.0 Å². The molecule has 2 unspecified atom stereocenters. The molecule has 0 saturated heterocycles. The fourth-order valence-corrected chi connectivity index (χ4v) is 2.79. The maximum atomic E-state index is 11.2. The molecule has 1 saturated carbocycles. The Morgan fingerprint density at radius 2 is 2.28 bits per heavy atom. The first-order valence-corrected chi connectivity index (χ1v) is 6.32. The summed E-state index contributed by atoms with van der Waals surface area (Å²) in [5, 5.41) is 9.77. The Kier molecular flexibility index (Phi) is 2.74. The number of rotatable bonds is 2. The van der Waals surface area contributed by atoms with Gasteiger partial charge in [-0.25, -0.2) is 4.98 Å². The summed E-state index contributed by atoms with van der Waals surface area (Å²) in [6, 6.07) is 5.23. The number of aliphatic carboxylic acids is 1. The fraction of sp³-hybridized carbons (Fsp3) is 0.385. The molecule has 1 aromatic heterocycles. The lowest BCUT2D eigenvalue weighted by atomic mass is 9.96. The molecule has 1 N–H and O–H groups in total. The number of benzene rings is 1. The number of fused-ring (bicyclic) bond motifs is 1. The standard InChI is InChI=1S/C13H12ClNO3/c14-7-4-5-11-10(6-7)15-12(18-11)8-2-1-3-9(8)13(16)17/h4-6,8-9H,1-3H2,(H,16,17). The summed E-state index contributed by atoms with van der Waals surface area (Å²) < 4.78 is 5.65. The molecular weight excluding hydrogens is 254 g/mol. The Labute approximate surface area is 109 Å². The molecule has 18 heavy (non-hydrogen) atoms. The van der Waals surface area contributed by atoms with Crippen molar-refractivity contribution in [1.29, 1.82) is 0 Å². The summed E-state index contributed by atoms with van der Waals surface area (Å²) >= 11 is 5.89. The fourth-order valence-electron chi connectivity index (χ4n) is 2.63. The quantitative estimate of drug-likeness (QED) is 0.903. The molecule has 3 rings (SSSR count). The number of carbonyl (C=O) groups is 1. The van der Waals surface area contributed by atoms with Gasteiger partial charge in [0.05, 0.1) is 5.92 Å². The van der Waals surface area contributed by atoms with Crippen molar-refractivity contribution in [3.8, 4) is 0 Å². The minimum absolute atomic E-state index is 0.117. The van der Waals surface area contributed by atoms with Crippen LogP contribution in [0.5, 0.6) is 0 Å². The van der Waals surface area contributed by atoms with Gasteiger partial charge < -0.3 is 9.52 Å². The van der Waals surface area contributed by atoms with E-state index in [9.17, 15) is 9.90 Å². The second-order valence-electron chi connectivity index (χ2n) is 4.65. The van der Waals surface area contributed by atoms with Crippen molar-refractivity contribution < 1.29 is 14.3 Å². The van der Waals surface area contributed by atoms with Crippen LogP contribution >= 0.6 is 11.6 Å².